The Hall–Kier alpha value is -3.41. The predicted octanol–water partition coefficient (Wildman–Crippen LogP) is 3.54. The van der Waals surface area contributed by atoms with E-state index >= 15 is 0 Å². The Balaban J connectivity index is 1.96. The van der Waals surface area contributed by atoms with E-state index in [1.165, 1.54) is 0 Å². The molecule has 3 aromatic heterocycles. The Bertz CT molecular complexity index is 995. The van der Waals surface area contributed by atoms with Crippen LogP contribution in [-0.2, 0) is 0 Å². The third-order valence-corrected chi connectivity index (χ3v) is 3.81. The van der Waals surface area contributed by atoms with Gasteiger partial charge in [-0.3, -0.25) is 4.98 Å². The van der Waals surface area contributed by atoms with E-state index in [0.717, 1.165) is 22.6 Å². The zero-order valence-electron chi connectivity index (χ0n) is 12.9. The average molecular weight is 318 g/mol. The lowest BCUT2D eigenvalue weighted by Crippen LogP contribution is -1.92. The number of methoxy groups -OCH3 is 1. The molecule has 0 spiro atoms. The first kappa shape index (κ1) is 14.2. The second kappa shape index (κ2) is 5.66. The van der Waals surface area contributed by atoms with Crippen molar-refractivity contribution in [2.45, 2.75) is 0 Å². The molecule has 0 aliphatic heterocycles. The number of nitrogen functional groups attached to an aromatic ring is 1. The second-order valence-corrected chi connectivity index (χ2v) is 5.24. The van der Waals surface area contributed by atoms with E-state index in [-0.39, 0.29) is 5.88 Å². The number of hydrogen-bond acceptors (Lipinski definition) is 6. The van der Waals surface area contributed by atoms with Gasteiger partial charge in [0.25, 0.3) is 0 Å². The fourth-order valence-corrected chi connectivity index (χ4v) is 2.62. The van der Waals surface area contributed by atoms with Gasteiger partial charge in [-0.2, -0.15) is 0 Å². The summed E-state index contributed by atoms with van der Waals surface area (Å²) in [5.41, 5.74) is 9.74. The van der Waals surface area contributed by atoms with Crippen LogP contribution in [-0.4, -0.2) is 22.2 Å². The Labute approximate surface area is 137 Å². The molecule has 4 rings (SSSR count). The van der Waals surface area contributed by atoms with Crippen LogP contribution in [0.25, 0.3) is 33.5 Å². The Morgan fingerprint density at radius 3 is 2.58 bits per heavy atom. The SMILES string of the molecule is COc1ccc(-c2cc(-c3ccccn3)nc3noc(N)c23)cc1. The molecule has 6 heteroatoms. The minimum atomic E-state index is 0.246. The second-order valence-electron chi connectivity index (χ2n) is 5.24. The molecule has 0 aliphatic rings. The Morgan fingerprint density at radius 1 is 1.04 bits per heavy atom. The molecule has 0 aliphatic carbocycles. The molecule has 1 aromatic carbocycles. The van der Waals surface area contributed by atoms with Crippen molar-refractivity contribution < 1.29 is 9.26 Å². The number of pyridine rings is 2. The zero-order chi connectivity index (χ0) is 16.5. The molecule has 24 heavy (non-hydrogen) atoms. The first-order valence-corrected chi connectivity index (χ1v) is 7.38. The summed E-state index contributed by atoms with van der Waals surface area (Å²) in [7, 11) is 1.64. The van der Waals surface area contributed by atoms with Crippen LogP contribution < -0.4 is 10.5 Å². The number of nitrogens with two attached hydrogens (primary N) is 1. The van der Waals surface area contributed by atoms with Gasteiger partial charge < -0.3 is 15.0 Å². The molecule has 0 amide bonds. The molecule has 0 fully saturated rings. The van der Waals surface area contributed by atoms with Gasteiger partial charge in [-0.1, -0.05) is 23.4 Å². The molecule has 0 bridgehead atoms. The Morgan fingerprint density at radius 2 is 1.88 bits per heavy atom. The molecular formula is C18H14N4O2. The molecule has 0 unspecified atom stereocenters. The van der Waals surface area contributed by atoms with E-state index in [9.17, 15) is 0 Å². The van der Waals surface area contributed by atoms with Gasteiger partial charge in [0.1, 0.15) is 5.75 Å². The molecule has 0 atom stereocenters. The van der Waals surface area contributed by atoms with Crippen LogP contribution in [0.2, 0.25) is 0 Å². The summed E-state index contributed by atoms with van der Waals surface area (Å²) >= 11 is 0. The van der Waals surface area contributed by atoms with E-state index in [4.69, 9.17) is 15.0 Å². The lowest BCUT2D eigenvalue weighted by molar-refractivity contribution is 0.415. The van der Waals surface area contributed by atoms with E-state index in [1.54, 1.807) is 13.3 Å². The van der Waals surface area contributed by atoms with Crippen molar-refractivity contribution >= 4 is 16.9 Å². The average Bonchev–Trinajstić information content (AvgIpc) is 3.03. The molecule has 6 nitrogen and oxygen atoms in total. The topological polar surface area (TPSA) is 87.1 Å². The van der Waals surface area contributed by atoms with Crippen molar-refractivity contribution in [2.24, 2.45) is 0 Å². The lowest BCUT2D eigenvalue weighted by Gasteiger charge is -2.07. The summed E-state index contributed by atoms with van der Waals surface area (Å²) in [6.07, 6.45) is 1.73. The van der Waals surface area contributed by atoms with E-state index in [2.05, 4.69) is 15.1 Å². The fraction of sp³-hybridized carbons (Fsp3) is 0.0556. The van der Waals surface area contributed by atoms with Crippen molar-refractivity contribution in [3.8, 4) is 28.3 Å². The maximum absolute atomic E-state index is 5.95. The van der Waals surface area contributed by atoms with Crippen molar-refractivity contribution in [3.05, 3.63) is 54.7 Å². The van der Waals surface area contributed by atoms with E-state index in [0.29, 0.717) is 16.7 Å². The number of aromatic nitrogens is 3. The molecular weight excluding hydrogens is 304 g/mol. The summed E-state index contributed by atoms with van der Waals surface area (Å²) < 4.78 is 10.3. The van der Waals surface area contributed by atoms with E-state index < -0.39 is 0 Å². The summed E-state index contributed by atoms with van der Waals surface area (Å²) in [5.74, 6) is 1.03. The van der Waals surface area contributed by atoms with Crippen LogP contribution in [0.15, 0.2) is 59.3 Å². The highest BCUT2D eigenvalue weighted by atomic mass is 16.5. The molecule has 0 radical (unpaired) electrons. The summed E-state index contributed by atoms with van der Waals surface area (Å²) in [6, 6.07) is 15.3. The number of ether oxygens (including phenoxy) is 1. The lowest BCUT2D eigenvalue weighted by atomic mass is 10.0. The molecule has 0 saturated carbocycles. The number of rotatable bonds is 3. The van der Waals surface area contributed by atoms with Crippen molar-refractivity contribution in [1.29, 1.82) is 0 Å². The van der Waals surface area contributed by atoms with Crippen LogP contribution in [0.1, 0.15) is 0 Å². The minimum absolute atomic E-state index is 0.246. The van der Waals surface area contributed by atoms with Crippen LogP contribution in [0.5, 0.6) is 5.75 Å². The summed E-state index contributed by atoms with van der Waals surface area (Å²) in [4.78, 5) is 8.87. The maximum atomic E-state index is 5.95. The largest absolute Gasteiger partial charge is 0.497 e. The fourth-order valence-electron chi connectivity index (χ4n) is 2.62. The number of benzene rings is 1. The highest BCUT2D eigenvalue weighted by Gasteiger charge is 2.16. The van der Waals surface area contributed by atoms with Gasteiger partial charge >= 0.3 is 0 Å². The van der Waals surface area contributed by atoms with Gasteiger partial charge in [0.15, 0.2) is 0 Å². The maximum Gasteiger partial charge on any atom is 0.232 e. The first-order chi connectivity index (χ1) is 11.8. The molecule has 2 N–H and O–H groups in total. The van der Waals surface area contributed by atoms with Crippen LogP contribution >= 0.6 is 0 Å². The predicted molar refractivity (Wildman–Crippen MR) is 91.4 cm³/mol. The summed E-state index contributed by atoms with van der Waals surface area (Å²) in [5, 5.41) is 4.66. The zero-order valence-corrected chi connectivity index (χ0v) is 12.9. The minimum Gasteiger partial charge on any atom is -0.497 e. The standard InChI is InChI=1S/C18H14N4O2/c1-23-12-7-5-11(6-8-12)13-10-15(14-4-2-3-9-20-14)21-18-16(13)17(19)24-22-18/h2-10H,19H2,1H3. The van der Waals surface area contributed by atoms with Gasteiger partial charge in [0.05, 0.1) is 23.9 Å². The van der Waals surface area contributed by atoms with Gasteiger partial charge in [0, 0.05) is 11.8 Å². The van der Waals surface area contributed by atoms with Crippen molar-refractivity contribution in [2.75, 3.05) is 12.8 Å². The quantitative estimate of drug-likeness (QED) is 0.621. The monoisotopic (exact) mass is 318 g/mol. The number of fused-ring (bicyclic) bond motifs is 1. The molecule has 0 saturated heterocycles. The third-order valence-electron chi connectivity index (χ3n) is 3.81. The summed E-state index contributed by atoms with van der Waals surface area (Å²) in [6.45, 7) is 0. The van der Waals surface area contributed by atoms with Crippen LogP contribution in [0.4, 0.5) is 5.88 Å². The highest BCUT2D eigenvalue weighted by molar-refractivity contribution is 6.00. The Kier molecular flexibility index (Phi) is 3.35. The number of anilines is 1. The van der Waals surface area contributed by atoms with Crippen molar-refractivity contribution in [3.63, 3.8) is 0 Å². The highest BCUT2D eigenvalue weighted by Crippen LogP contribution is 2.35. The molecule has 118 valence electrons. The number of hydrogen-bond donors (Lipinski definition) is 1. The van der Waals surface area contributed by atoms with Crippen LogP contribution in [0, 0.1) is 0 Å². The van der Waals surface area contributed by atoms with E-state index in [1.807, 2.05) is 48.5 Å². The van der Waals surface area contributed by atoms with Crippen molar-refractivity contribution in [1.82, 2.24) is 15.1 Å². The normalized spacial score (nSPS) is 10.9. The molecule has 3 heterocycles. The smallest absolute Gasteiger partial charge is 0.232 e. The van der Waals surface area contributed by atoms with Gasteiger partial charge in [0.2, 0.25) is 11.5 Å². The number of nitrogens with zero attached hydrogens (tertiary/aromatic N) is 3. The first-order valence-electron chi connectivity index (χ1n) is 7.38. The van der Waals surface area contributed by atoms with Crippen LogP contribution in [0.3, 0.4) is 0 Å². The molecule has 4 aromatic rings. The van der Waals surface area contributed by atoms with Gasteiger partial charge in [-0.15, -0.1) is 0 Å². The van der Waals surface area contributed by atoms with Gasteiger partial charge in [-0.05, 0) is 35.9 Å². The van der Waals surface area contributed by atoms with Gasteiger partial charge in [-0.25, -0.2) is 4.98 Å². The third kappa shape index (κ3) is 2.34.